The lowest BCUT2D eigenvalue weighted by atomic mass is 9.95. The number of rotatable bonds is 6. The molecule has 8 nitrogen and oxygen atoms in total. The summed E-state index contributed by atoms with van der Waals surface area (Å²) in [5.41, 5.74) is 0. The van der Waals surface area contributed by atoms with Gasteiger partial charge in [-0.25, -0.2) is 9.59 Å². The molecule has 1 saturated heterocycles. The number of methoxy groups -OCH3 is 1. The molecule has 1 N–H and O–H groups in total. The molecule has 0 unspecified atom stereocenters. The van der Waals surface area contributed by atoms with Gasteiger partial charge in [-0.3, -0.25) is 4.79 Å². The second-order valence-corrected chi connectivity index (χ2v) is 7.22. The van der Waals surface area contributed by atoms with E-state index in [1.807, 2.05) is 0 Å². The Kier molecular flexibility index (Phi) is 8.67. The maximum absolute atomic E-state index is 12.9. The third-order valence-corrected chi connectivity index (χ3v) is 5.41. The third kappa shape index (κ3) is 6.59. The Morgan fingerprint density at radius 3 is 2.33 bits per heavy atom. The van der Waals surface area contributed by atoms with Crippen molar-refractivity contribution in [3.05, 3.63) is 0 Å². The monoisotopic (exact) mass is 383 g/mol. The van der Waals surface area contributed by atoms with Crippen molar-refractivity contribution in [2.24, 2.45) is 0 Å². The molecular formula is C19H33N3O5. The Hall–Kier alpha value is -1.99. The van der Waals surface area contributed by atoms with Crippen LogP contribution in [0.2, 0.25) is 0 Å². The van der Waals surface area contributed by atoms with Crippen LogP contribution in [-0.4, -0.2) is 73.3 Å². The van der Waals surface area contributed by atoms with E-state index in [9.17, 15) is 14.4 Å². The Morgan fingerprint density at radius 1 is 1.07 bits per heavy atom. The standard InChI is InChI=1S/C19H33N3O5/c1-3-27-19(25)21-12-9-16(10-13-21)22(14-11-17(23)26-2)18(24)20-15-7-5-4-6-8-15/h15-16H,3-14H2,1-2H3,(H,20,24). The Labute approximate surface area is 161 Å². The number of amides is 3. The lowest BCUT2D eigenvalue weighted by Gasteiger charge is -2.39. The number of ether oxygens (including phenoxy) is 2. The maximum Gasteiger partial charge on any atom is 0.409 e. The lowest BCUT2D eigenvalue weighted by Crippen LogP contribution is -2.54. The minimum Gasteiger partial charge on any atom is -0.469 e. The van der Waals surface area contributed by atoms with Crippen LogP contribution in [0, 0.1) is 0 Å². The van der Waals surface area contributed by atoms with Gasteiger partial charge in [-0.05, 0) is 32.6 Å². The second-order valence-electron chi connectivity index (χ2n) is 7.22. The van der Waals surface area contributed by atoms with Crippen LogP contribution in [0.25, 0.3) is 0 Å². The molecule has 154 valence electrons. The normalized spacial score (nSPS) is 18.7. The first-order valence-electron chi connectivity index (χ1n) is 10.1. The largest absolute Gasteiger partial charge is 0.469 e. The number of nitrogens with one attached hydrogen (secondary N) is 1. The van der Waals surface area contributed by atoms with Gasteiger partial charge in [-0.1, -0.05) is 19.3 Å². The van der Waals surface area contributed by atoms with Crippen LogP contribution in [0.1, 0.15) is 58.3 Å². The number of likely N-dealkylation sites (tertiary alicyclic amines) is 1. The molecule has 0 aromatic carbocycles. The van der Waals surface area contributed by atoms with Crippen molar-refractivity contribution >= 4 is 18.1 Å². The fraction of sp³-hybridized carbons (Fsp3) is 0.842. The smallest absolute Gasteiger partial charge is 0.409 e. The van der Waals surface area contributed by atoms with Gasteiger partial charge in [0, 0.05) is 31.7 Å². The van der Waals surface area contributed by atoms with Crippen molar-refractivity contribution in [1.82, 2.24) is 15.1 Å². The number of nitrogens with zero attached hydrogens (tertiary/aromatic N) is 2. The summed E-state index contributed by atoms with van der Waals surface area (Å²) in [7, 11) is 1.35. The summed E-state index contributed by atoms with van der Waals surface area (Å²) in [5.74, 6) is -0.325. The Balaban J connectivity index is 1.93. The highest BCUT2D eigenvalue weighted by molar-refractivity contribution is 5.76. The molecule has 2 fully saturated rings. The van der Waals surface area contributed by atoms with Gasteiger partial charge in [0.25, 0.3) is 0 Å². The average molecular weight is 383 g/mol. The van der Waals surface area contributed by atoms with Gasteiger partial charge in [0.05, 0.1) is 20.1 Å². The molecule has 1 heterocycles. The van der Waals surface area contributed by atoms with E-state index in [2.05, 4.69) is 5.32 Å². The van der Waals surface area contributed by atoms with E-state index < -0.39 is 0 Å². The summed E-state index contributed by atoms with van der Waals surface area (Å²) in [6, 6.07) is 0.107. The lowest BCUT2D eigenvalue weighted by molar-refractivity contribution is -0.140. The van der Waals surface area contributed by atoms with Crippen LogP contribution in [0.3, 0.4) is 0 Å². The van der Waals surface area contributed by atoms with E-state index in [4.69, 9.17) is 9.47 Å². The first-order valence-corrected chi connectivity index (χ1v) is 10.1. The Morgan fingerprint density at radius 2 is 1.74 bits per heavy atom. The van der Waals surface area contributed by atoms with Crippen LogP contribution >= 0.6 is 0 Å². The molecule has 1 aliphatic heterocycles. The van der Waals surface area contributed by atoms with Gasteiger partial charge in [0.2, 0.25) is 0 Å². The predicted octanol–water partition coefficient (Wildman–Crippen LogP) is 2.51. The van der Waals surface area contributed by atoms with E-state index in [1.165, 1.54) is 13.5 Å². The minimum atomic E-state index is -0.325. The van der Waals surface area contributed by atoms with Crippen molar-refractivity contribution in [3.8, 4) is 0 Å². The highest BCUT2D eigenvalue weighted by Crippen LogP contribution is 2.21. The zero-order valence-corrected chi connectivity index (χ0v) is 16.6. The summed E-state index contributed by atoms with van der Waals surface area (Å²) in [5, 5.41) is 3.14. The quantitative estimate of drug-likeness (QED) is 0.712. The SMILES string of the molecule is CCOC(=O)N1CCC(N(CCC(=O)OC)C(=O)NC2CCCCC2)CC1. The van der Waals surface area contributed by atoms with Crippen LogP contribution in [0.4, 0.5) is 9.59 Å². The molecule has 27 heavy (non-hydrogen) atoms. The van der Waals surface area contributed by atoms with Crippen LogP contribution in [-0.2, 0) is 14.3 Å². The van der Waals surface area contributed by atoms with Crippen molar-refractivity contribution in [2.75, 3.05) is 33.4 Å². The van der Waals surface area contributed by atoms with Crippen molar-refractivity contribution in [3.63, 3.8) is 0 Å². The summed E-state index contributed by atoms with van der Waals surface area (Å²) < 4.78 is 9.78. The highest BCUT2D eigenvalue weighted by atomic mass is 16.6. The molecule has 0 radical (unpaired) electrons. The number of urea groups is 1. The predicted molar refractivity (Wildman–Crippen MR) is 100 cm³/mol. The van der Waals surface area contributed by atoms with Gasteiger partial charge in [0.15, 0.2) is 0 Å². The topological polar surface area (TPSA) is 88.2 Å². The van der Waals surface area contributed by atoms with Crippen LogP contribution in [0.5, 0.6) is 0 Å². The Bertz CT molecular complexity index is 500. The van der Waals surface area contributed by atoms with Crippen molar-refractivity contribution < 1.29 is 23.9 Å². The van der Waals surface area contributed by atoms with Gasteiger partial charge >= 0.3 is 18.1 Å². The number of hydrogen-bond donors (Lipinski definition) is 1. The van der Waals surface area contributed by atoms with Gasteiger partial charge in [-0.2, -0.15) is 0 Å². The maximum atomic E-state index is 12.9. The molecule has 0 spiro atoms. The first-order chi connectivity index (χ1) is 13.0. The number of carbonyl (C=O) groups is 3. The number of esters is 1. The average Bonchev–Trinajstić information content (AvgIpc) is 2.69. The van der Waals surface area contributed by atoms with Crippen LogP contribution in [0.15, 0.2) is 0 Å². The molecule has 0 aromatic heterocycles. The van der Waals surface area contributed by atoms with Gasteiger partial charge < -0.3 is 24.6 Å². The van der Waals surface area contributed by atoms with Crippen molar-refractivity contribution in [1.29, 1.82) is 0 Å². The zero-order chi connectivity index (χ0) is 19.6. The summed E-state index contributed by atoms with van der Waals surface area (Å²) >= 11 is 0. The number of piperidine rings is 1. The molecule has 3 amide bonds. The number of hydrogen-bond acceptors (Lipinski definition) is 5. The molecule has 1 aliphatic carbocycles. The minimum absolute atomic E-state index is 0.00363. The van der Waals surface area contributed by atoms with E-state index in [0.717, 1.165) is 25.7 Å². The molecule has 0 aromatic rings. The molecular weight excluding hydrogens is 350 g/mol. The zero-order valence-electron chi connectivity index (χ0n) is 16.6. The summed E-state index contributed by atoms with van der Waals surface area (Å²) in [6.45, 7) is 3.57. The second kappa shape index (κ2) is 11.0. The molecule has 2 rings (SSSR count). The van der Waals surface area contributed by atoms with E-state index >= 15 is 0 Å². The van der Waals surface area contributed by atoms with E-state index in [0.29, 0.717) is 39.1 Å². The summed E-state index contributed by atoms with van der Waals surface area (Å²) in [4.78, 5) is 39.8. The molecule has 0 atom stereocenters. The highest BCUT2D eigenvalue weighted by Gasteiger charge is 2.31. The molecule has 0 bridgehead atoms. The van der Waals surface area contributed by atoms with Crippen LogP contribution < -0.4 is 5.32 Å². The van der Waals surface area contributed by atoms with E-state index in [-0.39, 0.29) is 36.6 Å². The molecule has 1 saturated carbocycles. The first kappa shape index (κ1) is 21.3. The fourth-order valence-electron chi connectivity index (χ4n) is 3.84. The van der Waals surface area contributed by atoms with Gasteiger partial charge in [0.1, 0.15) is 0 Å². The van der Waals surface area contributed by atoms with Crippen molar-refractivity contribution in [2.45, 2.75) is 70.4 Å². The van der Waals surface area contributed by atoms with E-state index in [1.54, 1.807) is 16.7 Å². The van der Waals surface area contributed by atoms with Gasteiger partial charge in [-0.15, -0.1) is 0 Å². The molecule has 8 heteroatoms. The third-order valence-electron chi connectivity index (χ3n) is 5.41. The molecule has 2 aliphatic rings. The summed E-state index contributed by atoms with van der Waals surface area (Å²) in [6.07, 6.45) is 6.77. The number of carbonyl (C=O) groups excluding carboxylic acids is 3. The fourth-order valence-corrected chi connectivity index (χ4v) is 3.84.